The molecule has 0 heterocycles. The lowest BCUT2D eigenvalue weighted by atomic mass is 10.0. The first-order valence-corrected chi connectivity index (χ1v) is 48.0. The Hall–Kier alpha value is -1.72. The number of quaternary nitrogens is 3. The monoisotopic (exact) mass is 1540 g/mol. The minimum atomic E-state index is -4.43. The number of aliphatic hydroxyl groups is 3. The summed E-state index contributed by atoms with van der Waals surface area (Å²) in [5, 5.41) is 43.2. The SMILES string of the molecule is CCCCCCCCCCCCCCCCCCCCCC(=O)NCCC[N+](C)(C)CC(O)COP(=O)(OCC(O)C[N+](C)(C)CCCNC(=O)CCCCCCCCCCCCCCCCCCCCC)OCC(O)C[N+](C)(C)CCCNC(=O)CCCCCCCCCCCCCCCCCCCCC. The van der Waals surface area contributed by atoms with Gasteiger partial charge in [-0.1, -0.05) is 367 Å². The molecule has 0 aliphatic heterocycles. The smallest absolute Gasteiger partial charge is 0.385 e. The summed E-state index contributed by atoms with van der Waals surface area (Å²) < 4.78 is 33.2. The summed E-state index contributed by atoms with van der Waals surface area (Å²) in [5.41, 5.74) is 0. The number of nitrogens with zero attached hydrogens (tertiary/aromatic N) is 3. The van der Waals surface area contributed by atoms with Crippen LogP contribution in [0.2, 0.25) is 0 Å². The van der Waals surface area contributed by atoms with Crippen LogP contribution in [0.5, 0.6) is 0 Å². The molecule has 6 N–H and O–H groups in total. The van der Waals surface area contributed by atoms with Crippen LogP contribution in [0.3, 0.4) is 0 Å². The minimum absolute atomic E-state index is 0.0831. The van der Waals surface area contributed by atoms with Gasteiger partial charge in [-0.3, -0.25) is 28.0 Å². The van der Waals surface area contributed by atoms with Gasteiger partial charge in [-0.2, -0.15) is 0 Å². The zero-order chi connectivity index (χ0) is 78.7. The van der Waals surface area contributed by atoms with Crippen molar-refractivity contribution in [2.75, 3.05) is 121 Å². The molecule has 0 fully saturated rings. The average molecular weight is 1540 g/mol. The second-order valence-electron chi connectivity index (χ2n) is 35.3. The van der Waals surface area contributed by atoms with Gasteiger partial charge in [0.25, 0.3) is 0 Å². The number of hydrogen-bond donors (Lipinski definition) is 6. The highest BCUT2D eigenvalue weighted by Gasteiger charge is 2.34. The second kappa shape index (κ2) is 75.6. The van der Waals surface area contributed by atoms with E-state index < -0.39 is 26.1 Å². The van der Waals surface area contributed by atoms with E-state index in [4.69, 9.17) is 13.6 Å². The molecule has 638 valence electrons. The first-order chi connectivity index (χ1) is 51.7. The third-order valence-electron chi connectivity index (χ3n) is 22.2. The largest absolute Gasteiger partial charge is 0.475 e. The number of aliphatic hydroxyl groups excluding tert-OH is 3. The van der Waals surface area contributed by atoms with Crippen molar-refractivity contribution in [3.63, 3.8) is 0 Å². The van der Waals surface area contributed by atoms with Crippen molar-refractivity contribution in [2.45, 2.75) is 444 Å². The summed E-state index contributed by atoms with van der Waals surface area (Å²) in [6, 6.07) is 0. The normalized spacial score (nSPS) is 13.6. The van der Waals surface area contributed by atoms with Gasteiger partial charge in [-0.05, 0) is 19.3 Å². The van der Waals surface area contributed by atoms with Crippen LogP contribution < -0.4 is 16.0 Å². The fraction of sp³-hybridized carbons (Fsp3) is 0.967. The summed E-state index contributed by atoms with van der Waals surface area (Å²) in [5.74, 6) is 0.249. The minimum Gasteiger partial charge on any atom is -0.385 e. The first kappa shape index (κ1) is 105. The van der Waals surface area contributed by atoms with Gasteiger partial charge >= 0.3 is 7.82 Å². The highest BCUT2D eigenvalue weighted by atomic mass is 31.2. The molecular formula is C90H186N6O10P+3. The molecule has 16 nitrogen and oxygen atoms in total. The highest BCUT2D eigenvalue weighted by Crippen LogP contribution is 2.50. The number of phosphoric acid groups is 1. The number of phosphoric ester groups is 1. The number of amides is 3. The van der Waals surface area contributed by atoms with Gasteiger partial charge in [0, 0.05) is 58.2 Å². The number of carbonyl (C=O) groups excluding carboxylic acids is 3. The quantitative estimate of drug-likeness (QED) is 0.0194. The number of likely N-dealkylation sites (N-methyl/N-ethyl adjacent to an activating group) is 3. The molecule has 0 aromatic rings. The molecule has 0 spiro atoms. The van der Waals surface area contributed by atoms with Crippen molar-refractivity contribution in [1.29, 1.82) is 0 Å². The zero-order valence-electron chi connectivity index (χ0n) is 72.8. The Morgan fingerprint density at radius 2 is 0.411 bits per heavy atom. The van der Waals surface area contributed by atoms with E-state index >= 15 is 0 Å². The molecule has 0 saturated carbocycles. The Morgan fingerprint density at radius 1 is 0.262 bits per heavy atom. The molecule has 0 saturated heterocycles. The molecule has 3 amide bonds. The Balaban J connectivity index is 4.93. The molecule has 17 heteroatoms. The molecule has 0 aliphatic carbocycles. The van der Waals surface area contributed by atoms with E-state index in [1.807, 2.05) is 42.3 Å². The summed E-state index contributed by atoms with van der Waals surface area (Å²) in [6.07, 6.45) is 76.1. The van der Waals surface area contributed by atoms with Crippen molar-refractivity contribution < 1.29 is 61.3 Å². The summed E-state index contributed by atoms with van der Waals surface area (Å²) in [6.45, 7) is 10.3. The van der Waals surface area contributed by atoms with Gasteiger partial charge in [0.15, 0.2) is 0 Å². The Labute approximate surface area is 664 Å². The van der Waals surface area contributed by atoms with E-state index in [9.17, 15) is 34.3 Å². The number of rotatable bonds is 87. The summed E-state index contributed by atoms with van der Waals surface area (Å²) in [7, 11) is 7.56. The number of unbranched alkanes of at least 4 members (excludes halogenated alkanes) is 54. The van der Waals surface area contributed by atoms with Crippen LogP contribution in [-0.2, 0) is 32.5 Å². The molecule has 0 aromatic carbocycles. The highest BCUT2D eigenvalue weighted by molar-refractivity contribution is 7.48. The van der Waals surface area contributed by atoms with E-state index in [1.165, 1.54) is 327 Å². The lowest BCUT2D eigenvalue weighted by Gasteiger charge is -2.33. The van der Waals surface area contributed by atoms with Crippen molar-refractivity contribution >= 4 is 25.5 Å². The van der Waals surface area contributed by atoms with E-state index in [0.717, 1.165) is 57.8 Å². The fourth-order valence-electron chi connectivity index (χ4n) is 15.3. The molecule has 3 unspecified atom stereocenters. The number of carbonyl (C=O) groups is 3. The lowest BCUT2D eigenvalue weighted by Crippen LogP contribution is -2.48. The molecule has 0 aliphatic rings. The van der Waals surface area contributed by atoms with Gasteiger partial charge in [0.2, 0.25) is 17.7 Å². The van der Waals surface area contributed by atoms with Crippen LogP contribution in [0.4, 0.5) is 0 Å². The van der Waals surface area contributed by atoms with Gasteiger partial charge < -0.3 is 44.7 Å². The summed E-state index contributed by atoms with van der Waals surface area (Å²) in [4.78, 5) is 38.1. The van der Waals surface area contributed by atoms with E-state index in [2.05, 4.69) is 36.7 Å². The lowest BCUT2D eigenvalue weighted by molar-refractivity contribution is -0.893. The fourth-order valence-corrected chi connectivity index (χ4v) is 16.6. The molecule has 0 rings (SSSR count). The third-order valence-corrected chi connectivity index (χ3v) is 23.6. The maximum absolute atomic E-state index is 14.4. The van der Waals surface area contributed by atoms with Gasteiger partial charge in [-0.15, -0.1) is 0 Å². The standard InChI is InChI=1S/C90H183N6O10P/c1-10-13-16-19-22-25-28-31-34-37-40-43-46-49-52-55-58-61-64-70-88(100)91-73-67-76-94(4,5)79-85(97)82-104-107(103,105-83-86(98)80-95(6,7)77-68-74-92-89(101)71-65-62-59-56-53-50-47-44-41-38-35-32-29-26-23-20-17-14-11-2)106-84-87(99)81-96(8,9)78-69-75-93-90(102)72-66-63-60-57-54-51-48-45-42-39-36-33-30-27-24-21-18-15-12-3/h85-87,97-99H,10-84H2,1-9H3/p+3. The van der Waals surface area contributed by atoms with E-state index in [0.29, 0.717) is 72.0 Å². The van der Waals surface area contributed by atoms with E-state index in [1.54, 1.807) is 0 Å². The van der Waals surface area contributed by atoms with Gasteiger partial charge in [-0.25, -0.2) is 4.57 Å². The Bertz CT molecular complexity index is 1770. The second-order valence-corrected chi connectivity index (χ2v) is 36.9. The Morgan fingerprint density at radius 3 is 0.570 bits per heavy atom. The molecule has 0 aromatic heterocycles. The molecule has 0 bridgehead atoms. The molecule has 107 heavy (non-hydrogen) atoms. The third kappa shape index (κ3) is 78.0. The first-order valence-electron chi connectivity index (χ1n) is 46.5. The van der Waals surface area contributed by atoms with Crippen molar-refractivity contribution in [3.8, 4) is 0 Å². The topological polar surface area (TPSA) is 193 Å². The van der Waals surface area contributed by atoms with Gasteiger partial charge in [0.05, 0.1) is 81.7 Å². The van der Waals surface area contributed by atoms with Crippen LogP contribution >= 0.6 is 7.82 Å². The predicted octanol–water partition coefficient (Wildman–Crippen LogP) is 22.4. The maximum atomic E-state index is 14.4. The summed E-state index contributed by atoms with van der Waals surface area (Å²) >= 11 is 0. The van der Waals surface area contributed by atoms with Crippen LogP contribution in [0.1, 0.15) is 425 Å². The van der Waals surface area contributed by atoms with Crippen LogP contribution in [-0.4, -0.2) is 186 Å². The molecular weight excluding hydrogens is 1360 g/mol. The zero-order valence-corrected chi connectivity index (χ0v) is 73.6. The number of hydrogen-bond acceptors (Lipinski definition) is 10. The average Bonchev–Trinajstić information content (AvgIpc) is 0.785. The van der Waals surface area contributed by atoms with Crippen LogP contribution in [0, 0.1) is 0 Å². The maximum Gasteiger partial charge on any atom is 0.475 e. The van der Waals surface area contributed by atoms with Crippen molar-refractivity contribution in [1.82, 2.24) is 16.0 Å². The molecule has 0 radical (unpaired) electrons. The van der Waals surface area contributed by atoms with Crippen molar-refractivity contribution in [2.24, 2.45) is 0 Å². The van der Waals surface area contributed by atoms with Crippen LogP contribution in [0.25, 0.3) is 0 Å². The number of nitrogens with one attached hydrogen (secondary N) is 3. The molecule has 3 atom stereocenters. The van der Waals surface area contributed by atoms with Crippen molar-refractivity contribution in [3.05, 3.63) is 0 Å². The Kier molecular flexibility index (Phi) is 74.4. The predicted molar refractivity (Wildman–Crippen MR) is 456 cm³/mol. The van der Waals surface area contributed by atoms with Crippen LogP contribution in [0.15, 0.2) is 0 Å². The van der Waals surface area contributed by atoms with E-state index in [-0.39, 0.29) is 57.2 Å². The van der Waals surface area contributed by atoms with Gasteiger partial charge in [0.1, 0.15) is 37.9 Å².